The molecule has 0 amide bonds. The first-order chi connectivity index (χ1) is 26.2. The number of imidazole rings is 1. The summed E-state index contributed by atoms with van der Waals surface area (Å²) in [6.45, 7) is 0.390. The van der Waals surface area contributed by atoms with Gasteiger partial charge in [-0.2, -0.15) is 10.2 Å². The fourth-order valence-corrected chi connectivity index (χ4v) is 6.64. The predicted octanol–water partition coefficient (Wildman–Crippen LogP) is 12.1. The van der Waals surface area contributed by atoms with E-state index in [1.165, 1.54) is 0 Å². The van der Waals surface area contributed by atoms with Crippen LogP contribution in [0.15, 0.2) is 96.5 Å². The second-order valence-corrected chi connectivity index (χ2v) is 28.7. The van der Waals surface area contributed by atoms with Gasteiger partial charge in [0.2, 0.25) is 0 Å². The average molecular weight is 940 g/mol. The van der Waals surface area contributed by atoms with Gasteiger partial charge in [0.25, 0.3) is 0 Å². The number of aryl methyl sites for hydroxylation is 2. The number of halogens is 8. The third-order valence-electron chi connectivity index (χ3n) is 7.96. The van der Waals surface area contributed by atoms with Gasteiger partial charge < -0.3 is 14.8 Å². The van der Waals surface area contributed by atoms with Gasteiger partial charge in [-0.25, -0.2) is 4.98 Å². The van der Waals surface area contributed by atoms with E-state index in [0.717, 1.165) is 55.7 Å². The van der Waals surface area contributed by atoms with Gasteiger partial charge in [0, 0.05) is 93.8 Å². The Bertz CT molecular complexity index is 2410. The number of hydrogen-bond donors (Lipinski definition) is 1. The van der Waals surface area contributed by atoms with Crippen molar-refractivity contribution in [1.82, 2.24) is 29.1 Å². The first kappa shape index (κ1) is 43.6. The molecule has 0 unspecified atom stereocenters. The van der Waals surface area contributed by atoms with E-state index in [1.807, 2.05) is 90.2 Å². The standard InChI is InChI=1S/C19H20Cl2N4O2.C17H12Cl2N4.4ClH.Ti/c1-25-19(23-11-22-10-17(26-2)27-3)15-6-4-5-14(18(15)24-25)13-8-7-12(20)9-16(13)21;1-22-17(23-8-7-20-10-23)14-4-2-3-13(16(14)21-22)12-6-5-11(18)9-15(12)19;;;;;/h4-9,11,17H,10H2,1-3H3,(H,22,23);2-10H,1H3;4*1H;/q;;;;;;+4/p-4. The van der Waals surface area contributed by atoms with Crippen molar-refractivity contribution in [3.05, 3.63) is 112 Å². The molecule has 0 fully saturated rings. The van der Waals surface area contributed by atoms with Crippen LogP contribution in [0.5, 0.6) is 0 Å². The molecule has 7 aromatic rings. The van der Waals surface area contributed by atoms with Crippen LogP contribution in [0.3, 0.4) is 0 Å². The van der Waals surface area contributed by atoms with E-state index in [9.17, 15) is 0 Å². The Morgan fingerprint density at radius 1 is 0.745 bits per heavy atom. The molecule has 0 aliphatic heterocycles. The van der Waals surface area contributed by atoms with Crippen molar-refractivity contribution in [1.29, 1.82) is 0 Å². The Morgan fingerprint density at radius 2 is 1.27 bits per heavy atom. The molecule has 0 aliphatic carbocycles. The van der Waals surface area contributed by atoms with Gasteiger partial charge in [-0.15, -0.1) is 0 Å². The van der Waals surface area contributed by atoms with E-state index in [2.05, 4.69) is 25.5 Å². The zero-order chi connectivity index (χ0) is 39.9. The first-order valence-electron chi connectivity index (χ1n) is 16.1. The fourth-order valence-electron chi connectivity index (χ4n) is 5.62. The van der Waals surface area contributed by atoms with Crippen LogP contribution in [0.1, 0.15) is 0 Å². The Hall–Kier alpha value is -2.55. The van der Waals surface area contributed by atoms with Gasteiger partial charge in [0.1, 0.15) is 29.0 Å². The molecule has 0 bridgehead atoms. The maximum atomic E-state index is 6.39. The summed E-state index contributed by atoms with van der Waals surface area (Å²) in [6.07, 6.45) is 6.66. The number of benzene rings is 4. The molecule has 0 spiro atoms. The van der Waals surface area contributed by atoms with Crippen LogP contribution in [-0.4, -0.2) is 62.5 Å². The SMILES string of the molecule is COC(CN=CNc1c2cccc(-c3ccc(Cl)cc3Cl)c2nn1C)OC.Cn1nc2c(-c3ccc(Cl)cc3Cl)cccc2c1-n1ccnc1.[Cl][Ti]([Cl])([Cl])[Cl]. The van der Waals surface area contributed by atoms with E-state index in [1.54, 1.807) is 49.9 Å². The molecule has 7 rings (SSSR count). The van der Waals surface area contributed by atoms with Crippen LogP contribution in [0.25, 0.3) is 49.9 Å². The minimum atomic E-state index is -3.11. The van der Waals surface area contributed by atoms with Gasteiger partial charge >= 0.3 is 49.6 Å². The van der Waals surface area contributed by atoms with Crippen molar-refractivity contribution >= 4 is 118 Å². The molecule has 3 heterocycles. The monoisotopic (exact) mass is 936 g/mol. The number of aliphatic imine (C=N–C) groups is 1. The zero-order valence-electron chi connectivity index (χ0n) is 29.5. The molecular formula is C36H32Cl8N8O2Ti. The molecule has 288 valence electrons. The normalized spacial score (nSPS) is 11.6. The molecule has 0 saturated heterocycles. The Balaban J connectivity index is 0.000000190. The molecule has 0 radical (unpaired) electrons. The third-order valence-corrected chi connectivity index (χ3v) is 9.06. The van der Waals surface area contributed by atoms with Crippen molar-refractivity contribution in [2.45, 2.75) is 6.29 Å². The summed E-state index contributed by atoms with van der Waals surface area (Å²) in [7, 11) is 27.0. The van der Waals surface area contributed by atoms with Crippen molar-refractivity contribution < 1.29 is 21.8 Å². The van der Waals surface area contributed by atoms with Crippen LogP contribution in [-0.2, 0) is 35.9 Å². The van der Waals surface area contributed by atoms with Gasteiger partial charge in [-0.3, -0.25) is 18.9 Å². The van der Waals surface area contributed by atoms with E-state index < -0.39 is 12.3 Å². The van der Waals surface area contributed by atoms with Gasteiger partial charge in [-0.05, 0) is 36.4 Å². The molecule has 10 nitrogen and oxygen atoms in total. The van der Waals surface area contributed by atoms with Crippen LogP contribution >= 0.6 is 83.6 Å². The number of anilines is 1. The van der Waals surface area contributed by atoms with Crippen LogP contribution in [0.4, 0.5) is 5.82 Å². The van der Waals surface area contributed by atoms with Crippen LogP contribution in [0, 0.1) is 0 Å². The number of methoxy groups -OCH3 is 2. The predicted molar refractivity (Wildman–Crippen MR) is 228 cm³/mol. The summed E-state index contributed by atoms with van der Waals surface area (Å²) in [5.41, 5.74) is 5.44. The van der Waals surface area contributed by atoms with Crippen LogP contribution < -0.4 is 5.32 Å². The summed E-state index contributed by atoms with van der Waals surface area (Å²) >= 11 is 21.7. The quantitative estimate of drug-likeness (QED) is 0.0670. The number of ether oxygens (including phenoxy) is 2. The molecule has 1 N–H and O–H groups in total. The molecule has 0 saturated carbocycles. The van der Waals surface area contributed by atoms with E-state index in [0.29, 0.717) is 26.6 Å². The topological polar surface area (TPSA) is 96.3 Å². The molecule has 4 aromatic carbocycles. The summed E-state index contributed by atoms with van der Waals surface area (Å²) in [5, 5.41) is 16.9. The molecule has 55 heavy (non-hydrogen) atoms. The second kappa shape index (κ2) is 19.7. The van der Waals surface area contributed by atoms with Crippen LogP contribution in [0.2, 0.25) is 20.1 Å². The number of nitrogens with zero attached hydrogens (tertiary/aromatic N) is 7. The Kier molecular flexibility index (Phi) is 15.6. The number of fused-ring (bicyclic) bond motifs is 2. The van der Waals surface area contributed by atoms with Crippen molar-refractivity contribution in [3.63, 3.8) is 0 Å². The maximum absolute atomic E-state index is 6.39. The Morgan fingerprint density at radius 3 is 1.78 bits per heavy atom. The van der Waals surface area contributed by atoms with Gasteiger partial charge in [-0.1, -0.05) is 82.8 Å². The van der Waals surface area contributed by atoms with Gasteiger partial charge in [0.05, 0.1) is 12.9 Å². The number of hydrogen-bond acceptors (Lipinski definition) is 6. The van der Waals surface area contributed by atoms with E-state index >= 15 is 0 Å². The first-order valence-corrected chi connectivity index (χ1v) is 26.2. The van der Waals surface area contributed by atoms with E-state index in [4.69, 9.17) is 93.1 Å². The minimum absolute atomic E-state index is 0.370. The van der Waals surface area contributed by atoms with Crippen molar-refractivity contribution in [3.8, 4) is 28.1 Å². The number of aromatic nitrogens is 6. The number of nitrogens with one attached hydrogen (secondary N) is 1. The van der Waals surface area contributed by atoms with Crippen molar-refractivity contribution in [2.75, 3.05) is 26.1 Å². The summed E-state index contributed by atoms with van der Waals surface area (Å²) in [6, 6.07) is 23.0. The number of rotatable bonds is 9. The summed E-state index contributed by atoms with van der Waals surface area (Å²) in [5.74, 6) is 1.79. The molecule has 3 aromatic heterocycles. The van der Waals surface area contributed by atoms with Gasteiger partial charge in [0.15, 0.2) is 6.29 Å². The molecule has 19 heteroatoms. The Labute approximate surface area is 356 Å². The van der Waals surface area contributed by atoms with Crippen molar-refractivity contribution in [2.24, 2.45) is 19.1 Å². The molecule has 0 aliphatic rings. The summed E-state index contributed by atoms with van der Waals surface area (Å²) < 4.78 is 15.8. The fraction of sp³-hybridized carbons (Fsp3) is 0.167. The second-order valence-electron chi connectivity index (χ2n) is 11.5. The third kappa shape index (κ3) is 11.3. The van der Waals surface area contributed by atoms with E-state index in [-0.39, 0.29) is 6.29 Å². The average Bonchev–Trinajstić information content (AvgIpc) is 3.85. The summed E-state index contributed by atoms with van der Waals surface area (Å²) in [4.78, 5) is 8.39. The molecule has 0 atom stereocenters. The molecular weight excluding hydrogens is 908 g/mol. The zero-order valence-corrected chi connectivity index (χ0v) is 37.1.